The Morgan fingerprint density at radius 3 is 2.64 bits per heavy atom. The number of carbonyl (C=O) groups excluding carboxylic acids is 2. The Kier molecular flexibility index (Phi) is 4.73. The molecule has 0 aliphatic rings. The van der Waals surface area contributed by atoms with Crippen LogP contribution in [0.4, 0.5) is 10.1 Å². The molecule has 0 atom stereocenters. The summed E-state index contributed by atoms with van der Waals surface area (Å²) in [4.78, 5) is 23.4. The van der Waals surface area contributed by atoms with Gasteiger partial charge >= 0.3 is 5.97 Å². The number of carbonyl (C=O) groups is 2. The number of esters is 1. The second kappa shape index (κ2) is 6.71. The fourth-order valence-electron chi connectivity index (χ4n) is 1.78. The van der Waals surface area contributed by atoms with Gasteiger partial charge in [-0.25, -0.2) is 9.18 Å². The summed E-state index contributed by atoms with van der Waals surface area (Å²) >= 11 is 0. The largest absolute Gasteiger partial charge is 0.507 e. The van der Waals surface area contributed by atoms with Crippen LogP contribution in [-0.2, 0) is 9.53 Å². The Hall–Kier alpha value is -2.89. The fraction of sp³-hybridized carbons (Fsp3) is 0.125. The van der Waals surface area contributed by atoms with E-state index in [0.29, 0.717) is 5.56 Å². The zero-order valence-electron chi connectivity index (χ0n) is 11.8. The number of nitrogens with one attached hydrogen (secondary N) is 1. The number of ether oxygens (including phenoxy) is 1. The Balaban J connectivity index is 1.95. The van der Waals surface area contributed by atoms with Crippen molar-refractivity contribution in [2.45, 2.75) is 6.92 Å². The summed E-state index contributed by atoms with van der Waals surface area (Å²) in [7, 11) is 0. The van der Waals surface area contributed by atoms with Gasteiger partial charge in [-0.15, -0.1) is 0 Å². The van der Waals surface area contributed by atoms with E-state index in [1.165, 1.54) is 24.3 Å². The highest BCUT2D eigenvalue weighted by molar-refractivity contribution is 5.97. The number of amides is 1. The van der Waals surface area contributed by atoms with Crippen molar-refractivity contribution in [1.29, 1.82) is 0 Å². The van der Waals surface area contributed by atoms with Gasteiger partial charge in [0.05, 0.1) is 5.69 Å². The third-order valence-corrected chi connectivity index (χ3v) is 2.94. The molecule has 2 aromatic carbocycles. The first kappa shape index (κ1) is 15.5. The second-order valence-electron chi connectivity index (χ2n) is 4.58. The molecule has 0 saturated carbocycles. The maximum absolute atomic E-state index is 13.4. The van der Waals surface area contributed by atoms with E-state index in [0.717, 1.165) is 0 Å². The molecule has 2 rings (SSSR count). The van der Waals surface area contributed by atoms with Crippen molar-refractivity contribution in [2.24, 2.45) is 0 Å². The number of hydrogen-bond donors (Lipinski definition) is 2. The second-order valence-corrected chi connectivity index (χ2v) is 4.58. The Labute approximate surface area is 126 Å². The summed E-state index contributed by atoms with van der Waals surface area (Å²) in [5, 5.41) is 12.0. The number of benzene rings is 2. The molecule has 6 heteroatoms. The van der Waals surface area contributed by atoms with E-state index in [9.17, 15) is 19.1 Å². The molecule has 22 heavy (non-hydrogen) atoms. The lowest BCUT2D eigenvalue weighted by Gasteiger charge is -2.09. The molecule has 0 fully saturated rings. The molecule has 5 nitrogen and oxygen atoms in total. The predicted octanol–water partition coefficient (Wildman–Crippen LogP) is 2.64. The summed E-state index contributed by atoms with van der Waals surface area (Å²) in [5.41, 5.74) is 0.492. The molecule has 0 radical (unpaired) electrons. The third kappa shape index (κ3) is 3.60. The van der Waals surface area contributed by atoms with Crippen molar-refractivity contribution in [3.05, 3.63) is 59.4 Å². The van der Waals surface area contributed by atoms with E-state index < -0.39 is 24.3 Å². The molecule has 0 bridgehead atoms. The molecule has 0 spiro atoms. The number of hydrogen-bond acceptors (Lipinski definition) is 4. The van der Waals surface area contributed by atoms with E-state index in [2.05, 4.69) is 5.32 Å². The molecule has 0 saturated heterocycles. The highest BCUT2D eigenvalue weighted by Crippen LogP contribution is 2.22. The standard InChI is InChI=1S/C16H14FNO4/c1-10-5-4-6-11(15(10)20)16(21)22-9-14(19)18-13-8-3-2-7-12(13)17/h2-8,20H,9H2,1H3,(H,18,19). The predicted molar refractivity (Wildman–Crippen MR) is 78.2 cm³/mol. The fourth-order valence-corrected chi connectivity index (χ4v) is 1.78. The topological polar surface area (TPSA) is 75.6 Å². The maximum Gasteiger partial charge on any atom is 0.342 e. The molecule has 0 aliphatic carbocycles. The number of phenols is 1. The summed E-state index contributed by atoms with van der Waals surface area (Å²) < 4.78 is 18.2. The zero-order valence-corrected chi connectivity index (χ0v) is 11.8. The van der Waals surface area contributed by atoms with E-state index >= 15 is 0 Å². The van der Waals surface area contributed by atoms with Crippen LogP contribution in [0.25, 0.3) is 0 Å². The van der Waals surface area contributed by atoms with Crippen LogP contribution >= 0.6 is 0 Å². The molecule has 1 amide bonds. The molecule has 2 N–H and O–H groups in total. The molecular formula is C16H14FNO4. The Morgan fingerprint density at radius 1 is 1.18 bits per heavy atom. The quantitative estimate of drug-likeness (QED) is 0.851. The molecule has 0 aliphatic heterocycles. The summed E-state index contributed by atoms with van der Waals surface area (Å²) in [6.45, 7) is 1.05. The van der Waals surface area contributed by atoms with E-state index in [1.807, 2.05) is 0 Å². The first-order valence-corrected chi connectivity index (χ1v) is 6.49. The average molecular weight is 303 g/mol. The number of para-hydroxylation sites is 2. The van der Waals surface area contributed by atoms with E-state index in [-0.39, 0.29) is 17.0 Å². The minimum absolute atomic E-state index is 0.00181. The van der Waals surface area contributed by atoms with Crippen molar-refractivity contribution in [3.63, 3.8) is 0 Å². The van der Waals surface area contributed by atoms with E-state index in [1.54, 1.807) is 25.1 Å². The van der Waals surface area contributed by atoms with Crippen LogP contribution in [-0.4, -0.2) is 23.6 Å². The molecular weight excluding hydrogens is 289 g/mol. The summed E-state index contributed by atoms with van der Waals surface area (Å²) in [5.74, 6) is -2.28. The Bertz CT molecular complexity index is 715. The van der Waals surface area contributed by atoms with Crippen LogP contribution in [0.2, 0.25) is 0 Å². The SMILES string of the molecule is Cc1cccc(C(=O)OCC(=O)Nc2ccccc2F)c1O. The van der Waals surface area contributed by atoms with Gasteiger partial charge in [0.1, 0.15) is 17.1 Å². The number of aromatic hydroxyl groups is 1. The van der Waals surface area contributed by atoms with Crippen LogP contribution in [0.5, 0.6) is 5.75 Å². The Morgan fingerprint density at radius 2 is 1.91 bits per heavy atom. The van der Waals surface area contributed by atoms with Gasteiger partial charge < -0.3 is 15.2 Å². The number of phenolic OH excluding ortho intramolecular Hbond substituents is 1. The first-order chi connectivity index (χ1) is 10.5. The van der Waals surface area contributed by atoms with Crippen LogP contribution in [0.1, 0.15) is 15.9 Å². The number of rotatable bonds is 4. The molecule has 0 unspecified atom stereocenters. The van der Waals surface area contributed by atoms with Gasteiger partial charge in [-0.05, 0) is 30.7 Å². The normalized spacial score (nSPS) is 10.1. The summed E-state index contributed by atoms with van der Waals surface area (Å²) in [6, 6.07) is 10.3. The number of anilines is 1. The van der Waals surface area contributed by atoms with Gasteiger partial charge in [-0.3, -0.25) is 4.79 Å². The van der Waals surface area contributed by atoms with Crippen molar-refractivity contribution < 1.29 is 23.8 Å². The first-order valence-electron chi connectivity index (χ1n) is 6.49. The van der Waals surface area contributed by atoms with E-state index in [4.69, 9.17) is 4.74 Å². The average Bonchev–Trinajstić information content (AvgIpc) is 2.50. The van der Waals surface area contributed by atoms with Crippen LogP contribution in [0, 0.1) is 12.7 Å². The lowest BCUT2D eigenvalue weighted by atomic mass is 10.1. The van der Waals surface area contributed by atoms with Gasteiger partial charge in [0.15, 0.2) is 6.61 Å². The van der Waals surface area contributed by atoms with Gasteiger partial charge in [0, 0.05) is 0 Å². The van der Waals surface area contributed by atoms with Crippen molar-refractivity contribution in [1.82, 2.24) is 0 Å². The van der Waals surface area contributed by atoms with Crippen molar-refractivity contribution in [2.75, 3.05) is 11.9 Å². The maximum atomic E-state index is 13.4. The third-order valence-electron chi connectivity index (χ3n) is 2.94. The van der Waals surface area contributed by atoms with Gasteiger partial charge in [0.25, 0.3) is 5.91 Å². The lowest BCUT2D eigenvalue weighted by molar-refractivity contribution is -0.119. The monoisotopic (exact) mass is 303 g/mol. The van der Waals surface area contributed by atoms with Crippen LogP contribution < -0.4 is 5.32 Å². The zero-order chi connectivity index (χ0) is 16.1. The number of aryl methyl sites for hydroxylation is 1. The van der Waals surface area contributed by atoms with Crippen molar-refractivity contribution >= 4 is 17.6 Å². The summed E-state index contributed by atoms with van der Waals surface area (Å²) in [6.07, 6.45) is 0. The minimum Gasteiger partial charge on any atom is -0.507 e. The lowest BCUT2D eigenvalue weighted by Crippen LogP contribution is -2.21. The highest BCUT2D eigenvalue weighted by Gasteiger charge is 2.16. The van der Waals surface area contributed by atoms with Crippen LogP contribution in [0.15, 0.2) is 42.5 Å². The smallest absolute Gasteiger partial charge is 0.342 e. The molecule has 114 valence electrons. The molecule has 0 heterocycles. The number of halogens is 1. The van der Waals surface area contributed by atoms with Gasteiger partial charge in [0.2, 0.25) is 0 Å². The van der Waals surface area contributed by atoms with Gasteiger partial charge in [-0.1, -0.05) is 24.3 Å². The highest BCUT2D eigenvalue weighted by atomic mass is 19.1. The molecule has 2 aromatic rings. The van der Waals surface area contributed by atoms with Crippen molar-refractivity contribution in [3.8, 4) is 5.75 Å². The minimum atomic E-state index is -0.829. The van der Waals surface area contributed by atoms with Gasteiger partial charge in [-0.2, -0.15) is 0 Å². The molecule has 0 aromatic heterocycles. The van der Waals surface area contributed by atoms with Crippen LogP contribution in [0.3, 0.4) is 0 Å².